The standard InChI is InChI=1S/C17H26BrN/c1-12-8-13(18)6-7-15(12)19-14-9-16(2,3)11-17(4,5)10-14/h6-8,14,19H,9-11H2,1-5H3. The molecule has 1 aromatic carbocycles. The maximum Gasteiger partial charge on any atom is 0.0372 e. The maximum atomic E-state index is 3.77. The molecule has 0 bridgehead atoms. The average molecular weight is 324 g/mol. The number of hydrogen-bond acceptors (Lipinski definition) is 1. The van der Waals surface area contributed by atoms with Crippen molar-refractivity contribution in [1.29, 1.82) is 0 Å². The first-order valence-electron chi connectivity index (χ1n) is 7.20. The van der Waals surface area contributed by atoms with Crippen LogP contribution in [0.1, 0.15) is 52.5 Å². The minimum Gasteiger partial charge on any atom is -0.382 e. The lowest BCUT2D eigenvalue weighted by Crippen LogP contribution is -2.40. The summed E-state index contributed by atoms with van der Waals surface area (Å²) in [5, 5.41) is 3.77. The smallest absolute Gasteiger partial charge is 0.0372 e. The van der Waals surface area contributed by atoms with Crippen LogP contribution < -0.4 is 5.32 Å². The molecule has 0 aromatic heterocycles. The minimum absolute atomic E-state index is 0.433. The van der Waals surface area contributed by atoms with Gasteiger partial charge in [0.2, 0.25) is 0 Å². The maximum absolute atomic E-state index is 3.77. The van der Waals surface area contributed by atoms with E-state index in [1.54, 1.807) is 0 Å². The van der Waals surface area contributed by atoms with E-state index in [1.165, 1.54) is 30.5 Å². The zero-order chi connectivity index (χ0) is 14.3. The minimum atomic E-state index is 0.433. The van der Waals surface area contributed by atoms with E-state index < -0.39 is 0 Å². The number of rotatable bonds is 2. The van der Waals surface area contributed by atoms with Crippen LogP contribution in [0.2, 0.25) is 0 Å². The fraction of sp³-hybridized carbons (Fsp3) is 0.647. The van der Waals surface area contributed by atoms with Crippen LogP contribution in [0.15, 0.2) is 22.7 Å². The van der Waals surface area contributed by atoms with Gasteiger partial charge in [-0.1, -0.05) is 43.6 Å². The molecule has 1 N–H and O–H groups in total. The molecule has 19 heavy (non-hydrogen) atoms. The summed E-state index contributed by atoms with van der Waals surface area (Å²) in [6.45, 7) is 11.8. The largest absolute Gasteiger partial charge is 0.382 e. The van der Waals surface area contributed by atoms with Gasteiger partial charge in [0.05, 0.1) is 0 Å². The molecule has 0 unspecified atom stereocenters. The summed E-state index contributed by atoms with van der Waals surface area (Å²) >= 11 is 3.53. The summed E-state index contributed by atoms with van der Waals surface area (Å²) in [4.78, 5) is 0. The molecule has 0 amide bonds. The lowest BCUT2D eigenvalue weighted by molar-refractivity contribution is 0.105. The average Bonchev–Trinajstić information content (AvgIpc) is 2.17. The summed E-state index contributed by atoms with van der Waals surface area (Å²) in [7, 11) is 0. The lowest BCUT2D eigenvalue weighted by Gasteiger charge is -2.45. The third kappa shape index (κ3) is 3.98. The SMILES string of the molecule is Cc1cc(Br)ccc1NC1CC(C)(C)CC(C)(C)C1. The van der Waals surface area contributed by atoms with Crippen LogP contribution in [0.3, 0.4) is 0 Å². The number of anilines is 1. The second-order valence-electron chi connectivity index (χ2n) is 7.71. The van der Waals surface area contributed by atoms with Crippen molar-refractivity contribution >= 4 is 21.6 Å². The number of halogens is 1. The van der Waals surface area contributed by atoms with Gasteiger partial charge in [-0.2, -0.15) is 0 Å². The Morgan fingerprint density at radius 2 is 1.68 bits per heavy atom. The van der Waals surface area contributed by atoms with E-state index in [-0.39, 0.29) is 0 Å². The van der Waals surface area contributed by atoms with Crippen LogP contribution in [0.4, 0.5) is 5.69 Å². The summed E-state index contributed by atoms with van der Waals surface area (Å²) in [6.07, 6.45) is 3.83. The molecule has 0 saturated heterocycles. The molecule has 1 aliphatic rings. The summed E-state index contributed by atoms with van der Waals surface area (Å²) in [5.41, 5.74) is 3.46. The zero-order valence-corrected chi connectivity index (χ0v) is 14.4. The van der Waals surface area contributed by atoms with E-state index in [2.05, 4.69) is 74.1 Å². The summed E-state index contributed by atoms with van der Waals surface area (Å²) < 4.78 is 1.15. The van der Waals surface area contributed by atoms with Crippen molar-refractivity contribution in [3.63, 3.8) is 0 Å². The first-order chi connectivity index (χ1) is 8.67. The molecule has 0 atom stereocenters. The van der Waals surface area contributed by atoms with E-state index >= 15 is 0 Å². The molecule has 1 saturated carbocycles. The van der Waals surface area contributed by atoms with Gasteiger partial charge in [0.25, 0.3) is 0 Å². The van der Waals surface area contributed by atoms with Crippen molar-refractivity contribution in [3.8, 4) is 0 Å². The van der Waals surface area contributed by atoms with Crippen molar-refractivity contribution in [3.05, 3.63) is 28.2 Å². The molecule has 1 aromatic rings. The van der Waals surface area contributed by atoms with Crippen molar-refractivity contribution in [2.45, 2.75) is 59.9 Å². The molecule has 0 heterocycles. The first-order valence-corrected chi connectivity index (χ1v) is 7.99. The number of nitrogens with one attached hydrogen (secondary N) is 1. The Kier molecular flexibility index (Phi) is 4.02. The Bertz CT molecular complexity index is 446. The summed E-state index contributed by atoms with van der Waals surface area (Å²) in [6, 6.07) is 7.07. The Morgan fingerprint density at radius 3 is 2.21 bits per heavy atom. The van der Waals surface area contributed by atoms with Gasteiger partial charge in [-0.25, -0.2) is 0 Å². The highest BCUT2D eigenvalue weighted by Gasteiger charge is 2.38. The Morgan fingerprint density at radius 1 is 1.11 bits per heavy atom. The second kappa shape index (κ2) is 5.12. The first kappa shape index (κ1) is 14.9. The second-order valence-corrected chi connectivity index (χ2v) is 8.63. The van der Waals surface area contributed by atoms with Crippen LogP contribution >= 0.6 is 15.9 Å². The quantitative estimate of drug-likeness (QED) is 0.728. The fourth-order valence-corrected chi connectivity index (χ4v) is 4.43. The number of benzene rings is 1. The highest BCUT2D eigenvalue weighted by atomic mass is 79.9. The molecule has 0 radical (unpaired) electrons. The van der Waals surface area contributed by atoms with Crippen molar-refractivity contribution in [1.82, 2.24) is 0 Å². The predicted octanol–water partition coefficient (Wildman–Crippen LogP) is 5.77. The van der Waals surface area contributed by atoms with Gasteiger partial charge < -0.3 is 5.32 Å². The van der Waals surface area contributed by atoms with Crippen LogP contribution in [-0.4, -0.2) is 6.04 Å². The molecule has 2 rings (SSSR count). The topological polar surface area (TPSA) is 12.0 Å². The molecule has 1 fully saturated rings. The molecule has 1 aliphatic carbocycles. The van der Waals surface area contributed by atoms with E-state index in [0.717, 1.165) is 4.47 Å². The van der Waals surface area contributed by atoms with E-state index in [9.17, 15) is 0 Å². The van der Waals surface area contributed by atoms with Crippen LogP contribution in [0, 0.1) is 17.8 Å². The van der Waals surface area contributed by atoms with Crippen LogP contribution in [0.25, 0.3) is 0 Å². The number of aryl methyl sites for hydroxylation is 1. The molecular weight excluding hydrogens is 298 g/mol. The Hall–Kier alpha value is -0.500. The van der Waals surface area contributed by atoms with Gasteiger partial charge in [0.1, 0.15) is 0 Å². The van der Waals surface area contributed by atoms with Gasteiger partial charge in [-0.15, -0.1) is 0 Å². The van der Waals surface area contributed by atoms with E-state index in [0.29, 0.717) is 16.9 Å². The Labute approximate surface area is 126 Å². The highest BCUT2D eigenvalue weighted by molar-refractivity contribution is 9.10. The van der Waals surface area contributed by atoms with Gasteiger partial charge >= 0.3 is 0 Å². The molecule has 0 spiro atoms. The van der Waals surface area contributed by atoms with Crippen LogP contribution in [0.5, 0.6) is 0 Å². The zero-order valence-electron chi connectivity index (χ0n) is 12.8. The van der Waals surface area contributed by atoms with Gasteiger partial charge in [0, 0.05) is 16.2 Å². The monoisotopic (exact) mass is 323 g/mol. The third-order valence-electron chi connectivity index (χ3n) is 4.10. The predicted molar refractivity (Wildman–Crippen MR) is 87.7 cm³/mol. The summed E-state index contributed by atoms with van der Waals surface area (Å²) in [5.74, 6) is 0. The van der Waals surface area contributed by atoms with Crippen molar-refractivity contribution < 1.29 is 0 Å². The lowest BCUT2D eigenvalue weighted by atomic mass is 9.63. The molecule has 1 nitrogen and oxygen atoms in total. The third-order valence-corrected chi connectivity index (χ3v) is 4.60. The van der Waals surface area contributed by atoms with E-state index in [4.69, 9.17) is 0 Å². The van der Waals surface area contributed by atoms with Gasteiger partial charge in [-0.3, -0.25) is 0 Å². The molecule has 106 valence electrons. The van der Waals surface area contributed by atoms with Crippen molar-refractivity contribution in [2.75, 3.05) is 5.32 Å². The molecule has 2 heteroatoms. The number of hydrogen-bond donors (Lipinski definition) is 1. The van der Waals surface area contributed by atoms with Gasteiger partial charge in [0.15, 0.2) is 0 Å². The fourth-order valence-electron chi connectivity index (χ4n) is 3.96. The van der Waals surface area contributed by atoms with Gasteiger partial charge in [-0.05, 0) is 60.8 Å². The van der Waals surface area contributed by atoms with E-state index in [1.807, 2.05) is 0 Å². The normalized spacial score (nSPS) is 22.2. The Balaban J connectivity index is 2.14. The highest BCUT2D eigenvalue weighted by Crippen LogP contribution is 2.46. The molecular formula is C17H26BrN. The van der Waals surface area contributed by atoms with Crippen LogP contribution in [-0.2, 0) is 0 Å². The van der Waals surface area contributed by atoms with Crippen molar-refractivity contribution in [2.24, 2.45) is 10.8 Å². The molecule has 0 aliphatic heterocycles.